The van der Waals surface area contributed by atoms with E-state index in [1.54, 1.807) is 0 Å². The van der Waals surface area contributed by atoms with Gasteiger partial charge < -0.3 is 25.4 Å². The summed E-state index contributed by atoms with van der Waals surface area (Å²) in [6.45, 7) is 2.66. The van der Waals surface area contributed by atoms with Gasteiger partial charge in [0.25, 0.3) is 0 Å². The topological polar surface area (TPSA) is 90.9 Å². The van der Waals surface area contributed by atoms with Gasteiger partial charge >= 0.3 is 12.0 Å². The number of nitrogens with one attached hydrogen (secondary N) is 2. The Kier molecular flexibility index (Phi) is 6.58. The Morgan fingerprint density at radius 3 is 2.79 bits per heavy atom. The first-order valence-corrected chi connectivity index (χ1v) is 6.48. The predicted octanol–water partition coefficient (Wildman–Crippen LogP) is -0.273. The average molecular weight is 273 g/mol. The second-order valence-electron chi connectivity index (χ2n) is 4.92. The van der Waals surface area contributed by atoms with Gasteiger partial charge in [-0.3, -0.25) is 0 Å². The lowest BCUT2D eigenvalue weighted by atomic mass is 9.99. The standard InChI is InChI=1S/C12H23N3O4/c1-15-5-3-4-9(8-15)6-13-12(18)14-7-10(19-2)11(16)17/h9-10H,3-8H2,1-2H3,(H,16,17)(H2,13,14,18). The first kappa shape index (κ1) is 15.7. The number of nitrogens with zero attached hydrogens (tertiary/aromatic N) is 1. The van der Waals surface area contributed by atoms with Crippen molar-refractivity contribution in [3.05, 3.63) is 0 Å². The number of carbonyl (C=O) groups is 2. The van der Waals surface area contributed by atoms with E-state index in [-0.39, 0.29) is 12.6 Å². The van der Waals surface area contributed by atoms with E-state index in [0.717, 1.165) is 25.9 Å². The zero-order valence-electron chi connectivity index (χ0n) is 11.5. The zero-order valence-corrected chi connectivity index (χ0v) is 11.5. The van der Waals surface area contributed by atoms with Crippen molar-refractivity contribution in [3.63, 3.8) is 0 Å². The summed E-state index contributed by atoms with van der Waals surface area (Å²) >= 11 is 0. The molecule has 0 spiro atoms. The molecule has 1 fully saturated rings. The van der Waals surface area contributed by atoms with Gasteiger partial charge in [-0.2, -0.15) is 0 Å². The Morgan fingerprint density at radius 1 is 1.47 bits per heavy atom. The number of piperidine rings is 1. The van der Waals surface area contributed by atoms with Crippen LogP contribution in [0.4, 0.5) is 4.79 Å². The summed E-state index contributed by atoms with van der Waals surface area (Å²) in [5.74, 6) is -0.626. The lowest BCUT2D eigenvalue weighted by molar-refractivity contribution is -0.147. The van der Waals surface area contributed by atoms with E-state index in [1.807, 2.05) is 0 Å². The molecule has 0 radical (unpaired) electrons. The van der Waals surface area contributed by atoms with Crippen LogP contribution in [0.5, 0.6) is 0 Å². The smallest absolute Gasteiger partial charge is 0.334 e. The van der Waals surface area contributed by atoms with E-state index in [4.69, 9.17) is 9.84 Å². The fourth-order valence-corrected chi connectivity index (χ4v) is 2.20. The van der Waals surface area contributed by atoms with Crippen LogP contribution in [0.1, 0.15) is 12.8 Å². The molecule has 1 saturated heterocycles. The van der Waals surface area contributed by atoms with Gasteiger partial charge in [-0.15, -0.1) is 0 Å². The van der Waals surface area contributed by atoms with E-state index < -0.39 is 12.1 Å². The van der Waals surface area contributed by atoms with Gasteiger partial charge in [-0.05, 0) is 32.4 Å². The maximum absolute atomic E-state index is 11.5. The second kappa shape index (κ2) is 7.96. The molecule has 7 heteroatoms. The molecule has 1 heterocycles. The Hall–Kier alpha value is -1.34. The van der Waals surface area contributed by atoms with E-state index in [9.17, 15) is 9.59 Å². The molecule has 0 saturated carbocycles. The van der Waals surface area contributed by atoms with Crippen molar-refractivity contribution in [3.8, 4) is 0 Å². The molecule has 110 valence electrons. The highest BCUT2D eigenvalue weighted by molar-refractivity contribution is 5.76. The van der Waals surface area contributed by atoms with Gasteiger partial charge in [-0.1, -0.05) is 0 Å². The van der Waals surface area contributed by atoms with Gasteiger partial charge in [0.2, 0.25) is 0 Å². The minimum Gasteiger partial charge on any atom is -0.479 e. The largest absolute Gasteiger partial charge is 0.479 e. The Morgan fingerprint density at radius 2 is 2.21 bits per heavy atom. The van der Waals surface area contributed by atoms with Crippen LogP contribution in [0, 0.1) is 5.92 Å². The van der Waals surface area contributed by atoms with Crippen molar-refractivity contribution >= 4 is 12.0 Å². The van der Waals surface area contributed by atoms with Crippen LogP contribution in [0.25, 0.3) is 0 Å². The Balaban J connectivity index is 2.18. The number of aliphatic carboxylic acids is 1. The number of likely N-dealkylation sites (tertiary alicyclic amines) is 1. The van der Waals surface area contributed by atoms with Crippen molar-refractivity contribution in [2.24, 2.45) is 5.92 Å². The minimum atomic E-state index is -1.09. The van der Waals surface area contributed by atoms with Crippen molar-refractivity contribution < 1.29 is 19.4 Å². The van der Waals surface area contributed by atoms with Crippen LogP contribution in [0.3, 0.4) is 0 Å². The van der Waals surface area contributed by atoms with Gasteiger partial charge in [0, 0.05) is 20.2 Å². The summed E-state index contributed by atoms with van der Waals surface area (Å²) in [7, 11) is 3.37. The first-order chi connectivity index (χ1) is 9.02. The Labute approximate surface area is 113 Å². The highest BCUT2D eigenvalue weighted by atomic mass is 16.5. The highest BCUT2D eigenvalue weighted by Crippen LogP contribution is 2.13. The van der Waals surface area contributed by atoms with Gasteiger partial charge in [0.05, 0.1) is 6.54 Å². The second-order valence-corrected chi connectivity index (χ2v) is 4.92. The third kappa shape index (κ3) is 5.89. The molecule has 1 rings (SSSR count). The number of urea groups is 1. The van der Waals surface area contributed by atoms with Crippen molar-refractivity contribution in [2.45, 2.75) is 18.9 Å². The van der Waals surface area contributed by atoms with Crippen molar-refractivity contribution in [2.75, 3.05) is 40.3 Å². The maximum Gasteiger partial charge on any atom is 0.334 e. The summed E-state index contributed by atoms with van der Waals surface area (Å²) in [6.07, 6.45) is 1.25. The maximum atomic E-state index is 11.5. The van der Waals surface area contributed by atoms with E-state index in [2.05, 4.69) is 22.6 Å². The normalized spacial score (nSPS) is 21.7. The summed E-state index contributed by atoms with van der Waals surface area (Å²) in [5.41, 5.74) is 0. The molecule has 2 atom stereocenters. The number of amides is 2. The fraction of sp³-hybridized carbons (Fsp3) is 0.833. The SMILES string of the molecule is COC(CNC(=O)NCC1CCCN(C)C1)C(=O)O. The number of carbonyl (C=O) groups excluding carboxylic acids is 1. The highest BCUT2D eigenvalue weighted by Gasteiger charge is 2.19. The number of ether oxygens (including phenoxy) is 1. The fourth-order valence-electron chi connectivity index (χ4n) is 2.20. The average Bonchev–Trinajstić information content (AvgIpc) is 2.37. The molecule has 0 bridgehead atoms. The van der Waals surface area contributed by atoms with E-state index >= 15 is 0 Å². The zero-order chi connectivity index (χ0) is 14.3. The van der Waals surface area contributed by atoms with Crippen molar-refractivity contribution in [1.29, 1.82) is 0 Å². The number of hydrogen-bond acceptors (Lipinski definition) is 4. The lowest BCUT2D eigenvalue weighted by Gasteiger charge is -2.29. The summed E-state index contributed by atoms with van der Waals surface area (Å²) < 4.78 is 4.72. The molecule has 19 heavy (non-hydrogen) atoms. The van der Waals surface area contributed by atoms with Crippen molar-refractivity contribution in [1.82, 2.24) is 15.5 Å². The molecule has 0 aliphatic carbocycles. The molecule has 3 N–H and O–H groups in total. The van der Waals surface area contributed by atoms with Gasteiger partial charge in [0.1, 0.15) is 0 Å². The monoisotopic (exact) mass is 273 g/mol. The molecule has 1 aliphatic heterocycles. The molecular formula is C12H23N3O4. The van der Waals surface area contributed by atoms with Crippen LogP contribution < -0.4 is 10.6 Å². The summed E-state index contributed by atoms with van der Waals surface area (Å²) in [5, 5.41) is 14.0. The van der Waals surface area contributed by atoms with Gasteiger partial charge in [-0.25, -0.2) is 9.59 Å². The lowest BCUT2D eigenvalue weighted by Crippen LogP contribution is -2.45. The van der Waals surface area contributed by atoms with Crippen LogP contribution in [0.15, 0.2) is 0 Å². The van der Waals surface area contributed by atoms with E-state index in [0.29, 0.717) is 12.5 Å². The molecule has 7 nitrogen and oxygen atoms in total. The Bertz CT molecular complexity index is 311. The predicted molar refractivity (Wildman–Crippen MR) is 70.1 cm³/mol. The molecule has 2 unspecified atom stereocenters. The third-order valence-electron chi connectivity index (χ3n) is 3.28. The number of methoxy groups -OCH3 is 1. The first-order valence-electron chi connectivity index (χ1n) is 6.48. The molecule has 0 aromatic carbocycles. The molecule has 0 aromatic heterocycles. The van der Waals surface area contributed by atoms with Crippen LogP contribution >= 0.6 is 0 Å². The van der Waals surface area contributed by atoms with E-state index in [1.165, 1.54) is 7.11 Å². The third-order valence-corrected chi connectivity index (χ3v) is 3.28. The quantitative estimate of drug-likeness (QED) is 0.619. The molecule has 1 aliphatic rings. The van der Waals surface area contributed by atoms with Gasteiger partial charge in [0.15, 0.2) is 6.10 Å². The van der Waals surface area contributed by atoms with Crippen LogP contribution in [-0.4, -0.2) is 68.4 Å². The van der Waals surface area contributed by atoms with Crippen LogP contribution in [-0.2, 0) is 9.53 Å². The molecule has 0 aromatic rings. The molecular weight excluding hydrogens is 250 g/mol. The summed E-state index contributed by atoms with van der Waals surface area (Å²) in [6, 6.07) is -0.350. The number of hydrogen-bond donors (Lipinski definition) is 3. The summed E-state index contributed by atoms with van der Waals surface area (Å²) in [4.78, 5) is 24.5. The number of carboxylic acids is 1. The van der Waals surface area contributed by atoms with Crippen LogP contribution in [0.2, 0.25) is 0 Å². The number of carboxylic acid groups (broad SMARTS) is 1. The minimum absolute atomic E-state index is 0.0394. The number of rotatable bonds is 6. The molecule has 2 amide bonds.